The third kappa shape index (κ3) is 3.20. The summed E-state index contributed by atoms with van der Waals surface area (Å²) in [5, 5.41) is 4.10. The average Bonchev–Trinajstić information content (AvgIpc) is 3.15. The van der Waals surface area contributed by atoms with E-state index in [1.807, 2.05) is 0 Å². The highest BCUT2D eigenvalue weighted by Gasteiger charge is 2.33. The van der Waals surface area contributed by atoms with Gasteiger partial charge in [0.05, 0.1) is 12.1 Å². The number of aromatic nitrogens is 2. The van der Waals surface area contributed by atoms with Gasteiger partial charge in [-0.25, -0.2) is 0 Å². The molecule has 2 fully saturated rings. The van der Waals surface area contributed by atoms with Gasteiger partial charge in [0.2, 0.25) is 5.89 Å². The van der Waals surface area contributed by atoms with Gasteiger partial charge in [0.15, 0.2) is 5.82 Å². The van der Waals surface area contributed by atoms with E-state index in [1.54, 1.807) is 0 Å². The molecule has 0 spiro atoms. The molecule has 3 rings (SSSR count). The van der Waals surface area contributed by atoms with Crippen LogP contribution in [-0.4, -0.2) is 39.8 Å². The van der Waals surface area contributed by atoms with Crippen molar-refractivity contribution in [1.82, 2.24) is 15.0 Å². The summed E-state index contributed by atoms with van der Waals surface area (Å²) in [6.45, 7) is 9.14. The van der Waals surface area contributed by atoms with E-state index in [9.17, 15) is 0 Å². The van der Waals surface area contributed by atoms with Gasteiger partial charge in [0.25, 0.3) is 0 Å². The Labute approximate surface area is 120 Å². The molecule has 1 aliphatic carbocycles. The minimum atomic E-state index is -0.0235. The van der Waals surface area contributed by atoms with E-state index in [0.29, 0.717) is 12.0 Å². The van der Waals surface area contributed by atoms with E-state index in [4.69, 9.17) is 9.26 Å². The maximum atomic E-state index is 5.81. The minimum Gasteiger partial charge on any atom is -0.375 e. The molecule has 5 heteroatoms. The fourth-order valence-corrected chi connectivity index (χ4v) is 3.02. The molecule has 1 aromatic rings. The monoisotopic (exact) mass is 279 g/mol. The van der Waals surface area contributed by atoms with E-state index in [0.717, 1.165) is 44.3 Å². The fraction of sp³-hybridized carbons (Fsp3) is 0.867. The lowest BCUT2D eigenvalue weighted by atomic mass is 9.93. The molecule has 1 aromatic heterocycles. The topological polar surface area (TPSA) is 51.4 Å². The molecular weight excluding hydrogens is 254 g/mol. The number of hydrogen-bond acceptors (Lipinski definition) is 5. The molecule has 1 atom stereocenters. The number of rotatable bonds is 5. The van der Waals surface area contributed by atoms with Gasteiger partial charge in [0.1, 0.15) is 0 Å². The molecule has 1 aliphatic heterocycles. The molecule has 112 valence electrons. The van der Waals surface area contributed by atoms with Gasteiger partial charge >= 0.3 is 0 Å². The zero-order valence-electron chi connectivity index (χ0n) is 12.8. The molecule has 0 unspecified atom stereocenters. The number of nitrogens with zero attached hydrogens (tertiary/aromatic N) is 3. The summed E-state index contributed by atoms with van der Waals surface area (Å²) >= 11 is 0. The Morgan fingerprint density at radius 1 is 1.30 bits per heavy atom. The summed E-state index contributed by atoms with van der Waals surface area (Å²) in [4.78, 5) is 6.98. The van der Waals surface area contributed by atoms with Crippen LogP contribution in [0.3, 0.4) is 0 Å². The molecule has 0 aromatic carbocycles. The summed E-state index contributed by atoms with van der Waals surface area (Å²) in [5.41, 5.74) is -0.0235. The molecule has 1 saturated carbocycles. The molecule has 0 radical (unpaired) electrons. The lowest BCUT2D eigenvalue weighted by Gasteiger charge is -2.40. The zero-order valence-corrected chi connectivity index (χ0v) is 12.8. The fourth-order valence-electron chi connectivity index (χ4n) is 3.02. The standard InChI is InChI=1S/C15H25N3O2/c1-4-18(12-7-8-19-15(2,3)9-12)10-13-16-14(17-20-13)11-5-6-11/h11-12H,4-10H2,1-3H3/t12-/m1/s1. The van der Waals surface area contributed by atoms with Crippen LogP contribution in [0.5, 0.6) is 0 Å². The molecule has 0 amide bonds. The zero-order chi connectivity index (χ0) is 14.2. The number of ether oxygens (including phenoxy) is 1. The first-order chi connectivity index (χ1) is 9.57. The van der Waals surface area contributed by atoms with Crippen molar-refractivity contribution in [2.24, 2.45) is 0 Å². The highest BCUT2D eigenvalue weighted by molar-refractivity contribution is 5.03. The summed E-state index contributed by atoms with van der Waals surface area (Å²) < 4.78 is 11.2. The normalized spacial score (nSPS) is 26.1. The van der Waals surface area contributed by atoms with Gasteiger partial charge in [0, 0.05) is 18.6 Å². The molecule has 20 heavy (non-hydrogen) atoms. The molecule has 2 heterocycles. The average molecular weight is 279 g/mol. The number of hydrogen-bond donors (Lipinski definition) is 0. The Balaban J connectivity index is 1.63. The van der Waals surface area contributed by atoms with Crippen molar-refractivity contribution in [3.63, 3.8) is 0 Å². The van der Waals surface area contributed by atoms with Crippen LogP contribution < -0.4 is 0 Å². The largest absolute Gasteiger partial charge is 0.375 e. The van der Waals surface area contributed by atoms with Crippen molar-refractivity contribution in [3.05, 3.63) is 11.7 Å². The van der Waals surface area contributed by atoms with Crippen LogP contribution in [0.25, 0.3) is 0 Å². The Hall–Kier alpha value is -0.940. The molecule has 2 aliphatic rings. The quantitative estimate of drug-likeness (QED) is 0.829. The van der Waals surface area contributed by atoms with Crippen LogP contribution >= 0.6 is 0 Å². The molecular formula is C15H25N3O2. The van der Waals surface area contributed by atoms with E-state index in [1.165, 1.54) is 12.8 Å². The summed E-state index contributed by atoms with van der Waals surface area (Å²) in [7, 11) is 0. The van der Waals surface area contributed by atoms with E-state index in [-0.39, 0.29) is 5.60 Å². The van der Waals surface area contributed by atoms with Gasteiger partial charge in [-0.05, 0) is 46.1 Å². The summed E-state index contributed by atoms with van der Waals surface area (Å²) in [5.74, 6) is 2.23. The summed E-state index contributed by atoms with van der Waals surface area (Å²) in [6.07, 6.45) is 4.57. The maximum absolute atomic E-state index is 5.81. The van der Waals surface area contributed by atoms with Crippen molar-refractivity contribution in [3.8, 4) is 0 Å². The second-order valence-corrected chi connectivity index (χ2v) is 6.64. The lowest BCUT2D eigenvalue weighted by Crippen LogP contribution is -2.45. The molecule has 5 nitrogen and oxygen atoms in total. The van der Waals surface area contributed by atoms with Crippen LogP contribution in [0.1, 0.15) is 64.1 Å². The highest BCUT2D eigenvalue weighted by Crippen LogP contribution is 2.38. The van der Waals surface area contributed by atoms with Gasteiger partial charge in [-0.1, -0.05) is 12.1 Å². The summed E-state index contributed by atoms with van der Waals surface area (Å²) in [6, 6.07) is 0.542. The lowest BCUT2D eigenvalue weighted by molar-refractivity contribution is -0.0848. The Bertz CT molecular complexity index is 454. The predicted molar refractivity (Wildman–Crippen MR) is 75.4 cm³/mol. The van der Waals surface area contributed by atoms with Gasteiger partial charge in [-0.15, -0.1) is 0 Å². The van der Waals surface area contributed by atoms with Crippen LogP contribution in [0.4, 0.5) is 0 Å². The van der Waals surface area contributed by atoms with Crippen molar-refractivity contribution in [2.75, 3.05) is 13.2 Å². The van der Waals surface area contributed by atoms with Crippen LogP contribution in [0.15, 0.2) is 4.52 Å². The predicted octanol–water partition coefficient (Wildman–Crippen LogP) is 2.73. The van der Waals surface area contributed by atoms with Crippen LogP contribution in [0, 0.1) is 0 Å². The smallest absolute Gasteiger partial charge is 0.240 e. The maximum Gasteiger partial charge on any atom is 0.240 e. The van der Waals surface area contributed by atoms with Gasteiger partial charge < -0.3 is 9.26 Å². The Morgan fingerprint density at radius 2 is 2.10 bits per heavy atom. The first-order valence-corrected chi connectivity index (χ1v) is 7.78. The molecule has 1 saturated heterocycles. The Morgan fingerprint density at radius 3 is 2.75 bits per heavy atom. The van der Waals surface area contributed by atoms with Gasteiger partial charge in [-0.3, -0.25) is 4.90 Å². The second-order valence-electron chi connectivity index (χ2n) is 6.64. The SMILES string of the molecule is CCN(Cc1nc(C2CC2)no1)[C@@H]1CCOC(C)(C)C1. The first kappa shape index (κ1) is 14.0. The van der Waals surface area contributed by atoms with Gasteiger partial charge in [-0.2, -0.15) is 4.98 Å². The van der Waals surface area contributed by atoms with Crippen LogP contribution in [0.2, 0.25) is 0 Å². The third-order valence-electron chi connectivity index (χ3n) is 4.36. The van der Waals surface area contributed by atoms with E-state index in [2.05, 4.69) is 35.8 Å². The van der Waals surface area contributed by atoms with Crippen molar-refractivity contribution in [1.29, 1.82) is 0 Å². The third-order valence-corrected chi connectivity index (χ3v) is 4.36. The van der Waals surface area contributed by atoms with Crippen molar-refractivity contribution < 1.29 is 9.26 Å². The first-order valence-electron chi connectivity index (χ1n) is 7.78. The molecule has 0 bridgehead atoms. The van der Waals surface area contributed by atoms with Crippen molar-refractivity contribution >= 4 is 0 Å². The Kier molecular flexibility index (Phi) is 3.82. The van der Waals surface area contributed by atoms with E-state index < -0.39 is 0 Å². The van der Waals surface area contributed by atoms with Crippen LogP contribution in [-0.2, 0) is 11.3 Å². The van der Waals surface area contributed by atoms with E-state index >= 15 is 0 Å². The molecule has 0 N–H and O–H groups in total. The second kappa shape index (κ2) is 5.45. The van der Waals surface area contributed by atoms with Crippen molar-refractivity contribution in [2.45, 2.75) is 70.6 Å². The minimum absolute atomic E-state index is 0.0235. The highest BCUT2D eigenvalue weighted by atomic mass is 16.5.